The van der Waals surface area contributed by atoms with Crippen LogP contribution in [-0.4, -0.2) is 18.1 Å². The van der Waals surface area contributed by atoms with Crippen molar-refractivity contribution < 1.29 is 0 Å². The number of nitrogens with one attached hydrogen (secondary N) is 2. The topological polar surface area (TPSA) is 37.0 Å². The maximum atomic E-state index is 4.29. The van der Waals surface area contributed by atoms with Crippen LogP contribution in [0.1, 0.15) is 19.4 Å². The molecule has 0 fully saturated rings. The Morgan fingerprint density at radius 2 is 2.15 bits per heavy atom. The van der Waals surface area contributed by atoms with E-state index in [4.69, 9.17) is 0 Å². The second kappa shape index (κ2) is 4.82. The highest BCUT2D eigenvalue weighted by molar-refractivity contribution is 5.36. The molecular weight excluding hydrogens is 162 g/mol. The summed E-state index contributed by atoms with van der Waals surface area (Å²) in [6.45, 7) is 5.07. The fourth-order valence-corrected chi connectivity index (χ4v) is 1.11. The molecule has 1 heterocycles. The second-order valence-electron chi connectivity index (χ2n) is 3.38. The van der Waals surface area contributed by atoms with E-state index in [9.17, 15) is 0 Å². The van der Waals surface area contributed by atoms with Gasteiger partial charge >= 0.3 is 0 Å². The summed E-state index contributed by atoms with van der Waals surface area (Å²) >= 11 is 0. The van der Waals surface area contributed by atoms with Crippen LogP contribution in [0.5, 0.6) is 0 Å². The summed E-state index contributed by atoms with van der Waals surface area (Å²) in [7, 11) is 1.93. The number of hydrogen-bond acceptors (Lipinski definition) is 3. The average molecular weight is 179 g/mol. The van der Waals surface area contributed by atoms with Crippen LogP contribution in [0.15, 0.2) is 18.3 Å². The van der Waals surface area contributed by atoms with Gasteiger partial charge in [-0.3, -0.25) is 0 Å². The van der Waals surface area contributed by atoms with Gasteiger partial charge in [-0.2, -0.15) is 0 Å². The largest absolute Gasteiger partial charge is 0.368 e. The lowest BCUT2D eigenvalue weighted by molar-refractivity contribution is 0.812. The molecule has 0 aliphatic carbocycles. The zero-order valence-corrected chi connectivity index (χ0v) is 8.46. The first-order valence-corrected chi connectivity index (χ1v) is 4.58. The summed E-state index contributed by atoms with van der Waals surface area (Å²) < 4.78 is 0. The Hall–Kier alpha value is -1.09. The van der Waals surface area contributed by atoms with Crippen molar-refractivity contribution in [2.24, 2.45) is 0 Å². The highest BCUT2D eigenvalue weighted by Gasteiger charge is 1.96. The van der Waals surface area contributed by atoms with Crippen LogP contribution in [0.25, 0.3) is 0 Å². The number of anilines is 1. The van der Waals surface area contributed by atoms with Crippen LogP contribution in [0.4, 0.5) is 5.82 Å². The Kier molecular flexibility index (Phi) is 3.71. The summed E-state index contributed by atoms with van der Waals surface area (Å²) in [5.74, 6) is 0.940. The zero-order chi connectivity index (χ0) is 9.68. The van der Waals surface area contributed by atoms with E-state index in [2.05, 4.69) is 35.5 Å². The molecule has 1 aromatic rings. The summed E-state index contributed by atoms with van der Waals surface area (Å²) in [6, 6.07) is 4.52. The third kappa shape index (κ3) is 3.42. The van der Waals surface area contributed by atoms with Gasteiger partial charge in [0.25, 0.3) is 0 Å². The summed E-state index contributed by atoms with van der Waals surface area (Å²) in [5, 5.41) is 6.33. The molecule has 72 valence electrons. The Labute approximate surface area is 79.6 Å². The first-order chi connectivity index (χ1) is 6.22. The van der Waals surface area contributed by atoms with Gasteiger partial charge in [0.1, 0.15) is 5.82 Å². The van der Waals surface area contributed by atoms with Crippen LogP contribution >= 0.6 is 0 Å². The van der Waals surface area contributed by atoms with Gasteiger partial charge in [0.15, 0.2) is 0 Å². The number of aromatic nitrogens is 1. The predicted molar refractivity (Wildman–Crippen MR) is 55.8 cm³/mol. The van der Waals surface area contributed by atoms with Gasteiger partial charge in [0.05, 0.1) is 0 Å². The summed E-state index contributed by atoms with van der Waals surface area (Å²) in [5.41, 5.74) is 1.21. The molecule has 13 heavy (non-hydrogen) atoms. The van der Waals surface area contributed by atoms with Gasteiger partial charge in [-0.25, -0.2) is 4.98 Å². The smallest absolute Gasteiger partial charge is 0.126 e. The van der Waals surface area contributed by atoms with Gasteiger partial charge < -0.3 is 10.6 Å². The van der Waals surface area contributed by atoms with E-state index < -0.39 is 0 Å². The van der Waals surface area contributed by atoms with Crippen molar-refractivity contribution in [2.45, 2.75) is 26.4 Å². The zero-order valence-electron chi connectivity index (χ0n) is 8.46. The molecule has 0 unspecified atom stereocenters. The molecular formula is C10H17N3. The lowest BCUT2D eigenvalue weighted by Gasteiger charge is -2.08. The minimum Gasteiger partial charge on any atom is -0.368 e. The van der Waals surface area contributed by atoms with Crippen molar-refractivity contribution in [3.63, 3.8) is 0 Å². The molecule has 0 radical (unpaired) electrons. The Morgan fingerprint density at radius 1 is 1.38 bits per heavy atom. The molecule has 3 heteroatoms. The Bertz CT molecular complexity index is 241. The van der Waals surface area contributed by atoms with Crippen LogP contribution in [-0.2, 0) is 6.54 Å². The van der Waals surface area contributed by atoms with Crippen molar-refractivity contribution in [3.05, 3.63) is 23.9 Å². The average Bonchev–Trinajstić information content (AvgIpc) is 2.08. The van der Waals surface area contributed by atoms with E-state index in [1.165, 1.54) is 5.56 Å². The molecule has 0 atom stereocenters. The SMILES string of the molecule is CNCc1ccc(NC(C)C)nc1. The highest BCUT2D eigenvalue weighted by Crippen LogP contribution is 2.05. The molecule has 3 nitrogen and oxygen atoms in total. The Morgan fingerprint density at radius 3 is 2.62 bits per heavy atom. The minimum atomic E-state index is 0.433. The lowest BCUT2D eigenvalue weighted by Crippen LogP contribution is -2.11. The van der Waals surface area contributed by atoms with Crippen molar-refractivity contribution in [2.75, 3.05) is 12.4 Å². The van der Waals surface area contributed by atoms with E-state index in [0.717, 1.165) is 12.4 Å². The molecule has 0 saturated heterocycles. The van der Waals surface area contributed by atoms with Gasteiger partial charge in [0, 0.05) is 18.8 Å². The van der Waals surface area contributed by atoms with Gasteiger partial charge in [-0.15, -0.1) is 0 Å². The maximum Gasteiger partial charge on any atom is 0.126 e. The van der Waals surface area contributed by atoms with Gasteiger partial charge in [0.2, 0.25) is 0 Å². The number of pyridine rings is 1. The quantitative estimate of drug-likeness (QED) is 0.737. The number of nitrogens with zero attached hydrogens (tertiary/aromatic N) is 1. The normalized spacial score (nSPS) is 10.5. The minimum absolute atomic E-state index is 0.433. The molecule has 1 rings (SSSR count). The van der Waals surface area contributed by atoms with Crippen molar-refractivity contribution in [3.8, 4) is 0 Å². The Balaban J connectivity index is 2.59. The highest BCUT2D eigenvalue weighted by atomic mass is 15.0. The molecule has 0 spiro atoms. The van der Waals surface area contributed by atoms with Gasteiger partial charge in [-0.1, -0.05) is 6.07 Å². The van der Waals surface area contributed by atoms with E-state index in [0.29, 0.717) is 6.04 Å². The van der Waals surface area contributed by atoms with E-state index in [1.807, 2.05) is 19.3 Å². The summed E-state index contributed by atoms with van der Waals surface area (Å²) in [4.78, 5) is 4.29. The van der Waals surface area contributed by atoms with Crippen LogP contribution in [0, 0.1) is 0 Å². The monoisotopic (exact) mass is 179 g/mol. The molecule has 0 bridgehead atoms. The first-order valence-electron chi connectivity index (χ1n) is 4.58. The van der Waals surface area contributed by atoms with E-state index in [-0.39, 0.29) is 0 Å². The first kappa shape index (κ1) is 9.99. The molecule has 0 saturated carbocycles. The third-order valence-corrected chi connectivity index (χ3v) is 1.64. The number of rotatable bonds is 4. The van der Waals surface area contributed by atoms with Crippen molar-refractivity contribution in [1.29, 1.82) is 0 Å². The third-order valence-electron chi connectivity index (χ3n) is 1.64. The fourth-order valence-electron chi connectivity index (χ4n) is 1.11. The molecule has 0 aromatic carbocycles. The predicted octanol–water partition coefficient (Wildman–Crippen LogP) is 1.62. The fraction of sp³-hybridized carbons (Fsp3) is 0.500. The molecule has 0 aliphatic rings. The van der Waals surface area contributed by atoms with Gasteiger partial charge in [-0.05, 0) is 32.5 Å². The summed E-state index contributed by atoms with van der Waals surface area (Å²) in [6.07, 6.45) is 1.89. The van der Waals surface area contributed by atoms with Crippen molar-refractivity contribution >= 4 is 5.82 Å². The van der Waals surface area contributed by atoms with Crippen LogP contribution < -0.4 is 10.6 Å². The lowest BCUT2D eigenvalue weighted by atomic mass is 10.3. The van der Waals surface area contributed by atoms with Crippen molar-refractivity contribution in [1.82, 2.24) is 10.3 Å². The second-order valence-corrected chi connectivity index (χ2v) is 3.38. The van der Waals surface area contributed by atoms with E-state index >= 15 is 0 Å². The number of hydrogen-bond donors (Lipinski definition) is 2. The van der Waals surface area contributed by atoms with Crippen LogP contribution in [0.3, 0.4) is 0 Å². The molecule has 2 N–H and O–H groups in total. The molecule has 1 aromatic heterocycles. The molecule has 0 amide bonds. The van der Waals surface area contributed by atoms with Crippen LogP contribution in [0.2, 0.25) is 0 Å². The standard InChI is InChI=1S/C10H17N3/c1-8(2)13-10-5-4-9(6-11-3)7-12-10/h4-5,7-8,11H,6H2,1-3H3,(H,12,13). The van der Waals surface area contributed by atoms with E-state index in [1.54, 1.807) is 0 Å². The molecule has 0 aliphatic heterocycles. The maximum absolute atomic E-state index is 4.29.